The van der Waals surface area contributed by atoms with E-state index in [0.717, 1.165) is 48.6 Å². The quantitative estimate of drug-likeness (QED) is 0.0980. The molecule has 0 fully saturated rings. The number of benzene rings is 4. The number of carbonyl (C=O) groups is 2. The number of para-hydroxylation sites is 2. The molecule has 2 amide bonds. The van der Waals surface area contributed by atoms with Gasteiger partial charge in [-0.1, -0.05) is 88.8 Å². The van der Waals surface area contributed by atoms with Crippen LogP contribution in [-0.4, -0.2) is 38.1 Å². The molecular formula is C40H48N2O4. The number of nitrogens with zero attached hydrogens (tertiary/aromatic N) is 2. The Morgan fingerprint density at radius 1 is 0.478 bits per heavy atom. The summed E-state index contributed by atoms with van der Waals surface area (Å²) in [6, 6.07) is 33.9. The van der Waals surface area contributed by atoms with Gasteiger partial charge in [-0.2, -0.15) is 0 Å². The fraction of sp³-hybridized carbons (Fsp3) is 0.350. The number of hydrogen-bond donors (Lipinski definition) is 0. The number of rotatable bonds is 19. The van der Waals surface area contributed by atoms with Crippen LogP contribution in [0.4, 0.5) is 11.4 Å². The lowest BCUT2D eigenvalue weighted by atomic mass is 10.1. The molecule has 0 N–H and O–H groups in total. The molecular weight excluding hydrogens is 572 g/mol. The maximum atomic E-state index is 13.9. The summed E-state index contributed by atoms with van der Waals surface area (Å²) in [5.74, 6) is 1.24. The molecule has 0 radical (unpaired) electrons. The Balaban J connectivity index is 1.48. The Bertz CT molecular complexity index is 1330. The second-order valence-corrected chi connectivity index (χ2v) is 11.5. The molecule has 0 aliphatic rings. The van der Waals surface area contributed by atoms with Gasteiger partial charge in [-0.05, 0) is 85.6 Å². The fourth-order valence-electron chi connectivity index (χ4n) is 5.25. The monoisotopic (exact) mass is 620 g/mol. The first-order chi connectivity index (χ1) is 22.6. The Kier molecular flexibility index (Phi) is 14.2. The van der Waals surface area contributed by atoms with Crippen molar-refractivity contribution >= 4 is 23.2 Å². The molecule has 0 atom stereocenters. The Labute approximate surface area is 275 Å². The Hall–Kier alpha value is -4.58. The molecule has 0 aromatic heterocycles. The molecule has 0 saturated carbocycles. The van der Waals surface area contributed by atoms with E-state index < -0.39 is 0 Å². The van der Waals surface area contributed by atoms with Gasteiger partial charge >= 0.3 is 0 Å². The SMILES string of the molecule is CCCCCCOc1ccc(C(=O)N(CCN(C(=O)c2ccc(OCCCCCC)cc2)c2ccccc2)c2ccccc2)cc1. The molecule has 0 bridgehead atoms. The van der Waals surface area contributed by atoms with Gasteiger partial charge in [-0.3, -0.25) is 9.59 Å². The highest BCUT2D eigenvalue weighted by molar-refractivity contribution is 6.08. The molecule has 0 aliphatic carbocycles. The maximum Gasteiger partial charge on any atom is 0.258 e. The van der Waals surface area contributed by atoms with E-state index in [9.17, 15) is 9.59 Å². The van der Waals surface area contributed by atoms with Gasteiger partial charge in [0.05, 0.1) is 13.2 Å². The minimum atomic E-state index is -0.137. The Morgan fingerprint density at radius 3 is 1.20 bits per heavy atom. The molecule has 242 valence electrons. The van der Waals surface area contributed by atoms with Crippen LogP contribution in [0.3, 0.4) is 0 Å². The molecule has 4 rings (SSSR count). The third kappa shape index (κ3) is 10.5. The van der Waals surface area contributed by atoms with Crippen LogP contribution in [-0.2, 0) is 0 Å². The number of anilines is 2. The number of carbonyl (C=O) groups excluding carboxylic acids is 2. The highest BCUT2D eigenvalue weighted by Gasteiger charge is 2.23. The van der Waals surface area contributed by atoms with Gasteiger partial charge in [0.1, 0.15) is 11.5 Å². The van der Waals surface area contributed by atoms with Gasteiger partial charge in [0.25, 0.3) is 11.8 Å². The van der Waals surface area contributed by atoms with E-state index >= 15 is 0 Å². The second kappa shape index (κ2) is 19.1. The van der Waals surface area contributed by atoms with Gasteiger partial charge in [-0.25, -0.2) is 0 Å². The first-order valence-corrected chi connectivity index (χ1v) is 16.8. The second-order valence-electron chi connectivity index (χ2n) is 11.5. The predicted molar refractivity (Wildman–Crippen MR) is 188 cm³/mol. The van der Waals surface area contributed by atoms with E-state index in [-0.39, 0.29) is 11.8 Å². The van der Waals surface area contributed by atoms with Crippen molar-refractivity contribution in [1.82, 2.24) is 0 Å². The standard InChI is InChI=1S/C40H48N2O4/c1-3-5-7-15-31-45-37-25-21-33(22-26-37)39(43)41(35-17-11-9-12-18-35)29-30-42(36-19-13-10-14-20-36)40(44)34-23-27-38(28-24-34)46-32-16-8-6-4-2/h9-14,17-28H,3-8,15-16,29-32H2,1-2H3. The number of ether oxygens (including phenoxy) is 2. The molecule has 6 heteroatoms. The fourth-order valence-corrected chi connectivity index (χ4v) is 5.25. The summed E-state index contributed by atoms with van der Waals surface area (Å²) in [6.07, 6.45) is 9.14. The zero-order valence-electron chi connectivity index (χ0n) is 27.4. The largest absolute Gasteiger partial charge is 0.494 e. The predicted octanol–water partition coefficient (Wildman–Crippen LogP) is 9.60. The van der Waals surface area contributed by atoms with Crippen LogP contribution in [0, 0.1) is 0 Å². The highest BCUT2D eigenvalue weighted by Crippen LogP contribution is 2.23. The minimum Gasteiger partial charge on any atom is -0.494 e. The van der Waals surface area contributed by atoms with Crippen LogP contribution in [0.15, 0.2) is 109 Å². The van der Waals surface area contributed by atoms with Gasteiger partial charge in [0, 0.05) is 35.6 Å². The van der Waals surface area contributed by atoms with E-state index in [1.165, 1.54) is 25.7 Å². The van der Waals surface area contributed by atoms with Crippen molar-refractivity contribution in [2.45, 2.75) is 65.2 Å². The van der Waals surface area contributed by atoms with E-state index in [1.807, 2.05) is 109 Å². The summed E-state index contributed by atoms with van der Waals surface area (Å²) in [5, 5.41) is 0. The summed E-state index contributed by atoms with van der Waals surface area (Å²) in [5.41, 5.74) is 2.66. The third-order valence-corrected chi connectivity index (χ3v) is 7.91. The first-order valence-electron chi connectivity index (χ1n) is 16.8. The van der Waals surface area contributed by atoms with Crippen molar-refractivity contribution in [2.24, 2.45) is 0 Å². The van der Waals surface area contributed by atoms with Crippen LogP contribution >= 0.6 is 0 Å². The molecule has 0 spiro atoms. The normalized spacial score (nSPS) is 10.7. The van der Waals surface area contributed by atoms with Crippen molar-refractivity contribution in [3.05, 3.63) is 120 Å². The molecule has 0 aliphatic heterocycles. The molecule has 0 unspecified atom stereocenters. The first kappa shape index (κ1) is 34.3. The van der Waals surface area contributed by atoms with Crippen molar-refractivity contribution in [2.75, 3.05) is 36.1 Å². The average Bonchev–Trinajstić information content (AvgIpc) is 3.11. The van der Waals surface area contributed by atoms with Crippen LogP contribution in [0.25, 0.3) is 0 Å². The minimum absolute atomic E-state index is 0.137. The van der Waals surface area contributed by atoms with E-state index in [1.54, 1.807) is 9.80 Å². The smallest absolute Gasteiger partial charge is 0.258 e. The average molecular weight is 621 g/mol. The zero-order valence-corrected chi connectivity index (χ0v) is 27.4. The van der Waals surface area contributed by atoms with Crippen LogP contribution < -0.4 is 19.3 Å². The van der Waals surface area contributed by atoms with Gasteiger partial charge in [0.15, 0.2) is 0 Å². The van der Waals surface area contributed by atoms with Crippen molar-refractivity contribution in [3.8, 4) is 11.5 Å². The molecule has 4 aromatic rings. The van der Waals surface area contributed by atoms with Gasteiger partial charge < -0.3 is 19.3 Å². The molecule has 6 nitrogen and oxygen atoms in total. The lowest BCUT2D eigenvalue weighted by molar-refractivity contribution is 0.0968. The summed E-state index contributed by atoms with van der Waals surface area (Å²) >= 11 is 0. The third-order valence-electron chi connectivity index (χ3n) is 7.91. The summed E-state index contributed by atoms with van der Waals surface area (Å²) in [4.78, 5) is 31.3. The number of amides is 2. The summed E-state index contributed by atoms with van der Waals surface area (Å²) in [7, 11) is 0. The summed E-state index contributed by atoms with van der Waals surface area (Å²) < 4.78 is 11.8. The Morgan fingerprint density at radius 2 is 0.848 bits per heavy atom. The molecule has 4 aromatic carbocycles. The van der Waals surface area contributed by atoms with Crippen LogP contribution in [0.2, 0.25) is 0 Å². The van der Waals surface area contributed by atoms with Crippen molar-refractivity contribution in [1.29, 1.82) is 0 Å². The molecule has 0 heterocycles. The van der Waals surface area contributed by atoms with E-state index in [0.29, 0.717) is 37.4 Å². The lowest BCUT2D eigenvalue weighted by Gasteiger charge is -2.28. The van der Waals surface area contributed by atoms with E-state index in [2.05, 4.69) is 13.8 Å². The van der Waals surface area contributed by atoms with Gasteiger partial charge in [-0.15, -0.1) is 0 Å². The maximum absolute atomic E-state index is 13.9. The lowest BCUT2D eigenvalue weighted by Crippen LogP contribution is -2.41. The number of unbranched alkanes of at least 4 members (excludes halogenated alkanes) is 6. The zero-order chi connectivity index (χ0) is 32.4. The highest BCUT2D eigenvalue weighted by atomic mass is 16.5. The van der Waals surface area contributed by atoms with Gasteiger partial charge in [0.2, 0.25) is 0 Å². The molecule has 0 saturated heterocycles. The summed E-state index contributed by atoms with van der Waals surface area (Å²) in [6.45, 7) is 6.33. The van der Waals surface area contributed by atoms with Crippen molar-refractivity contribution < 1.29 is 19.1 Å². The van der Waals surface area contributed by atoms with E-state index in [4.69, 9.17) is 9.47 Å². The molecule has 46 heavy (non-hydrogen) atoms. The van der Waals surface area contributed by atoms with Crippen LogP contribution in [0.5, 0.6) is 11.5 Å². The van der Waals surface area contributed by atoms with Crippen molar-refractivity contribution in [3.63, 3.8) is 0 Å². The van der Waals surface area contributed by atoms with Crippen LogP contribution in [0.1, 0.15) is 85.9 Å². The topological polar surface area (TPSA) is 59.1 Å². The number of hydrogen-bond acceptors (Lipinski definition) is 4.